The Labute approximate surface area is 335 Å². The van der Waals surface area contributed by atoms with Crippen LogP contribution in [0.1, 0.15) is 81.3 Å². The number of benzene rings is 2. The van der Waals surface area contributed by atoms with Gasteiger partial charge >= 0.3 is 18.2 Å². The summed E-state index contributed by atoms with van der Waals surface area (Å²) in [5, 5.41) is 17.5. The number of nitrogens with zero attached hydrogens (tertiary/aromatic N) is 3. The van der Waals surface area contributed by atoms with E-state index in [0.29, 0.717) is 40.3 Å². The minimum atomic E-state index is -1.92. The number of nitrogens with one attached hydrogen (secondary N) is 2. The van der Waals surface area contributed by atoms with Crippen molar-refractivity contribution in [2.75, 3.05) is 19.0 Å². The van der Waals surface area contributed by atoms with E-state index in [1.54, 1.807) is 76.6 Å². The van der Waals surface area contributed by atoms with Crippen LogP contribution >= 0.6 is 0 Å². The lowest BCUT2D eigenvalue weighted by Crippen LogP contribution is -2.44. The zero-order valence-electron chi connectivity index (χ0n) is 33.8. The third-order valence-electron chi connectivity index (χ3n) is 10.2. The minimum Gasteiger partial charge on any atom is -0.489 e. The highest BCUT2D eigenvalue weighted by Crippen LogP contribution is 2.41. The molecule has 6 rings (SSSR count). The van der Waals surface area contributed by atoms with Crippen LogP contribution in [0.2, 0.25) is 0 Å². The zero-order valence-corrected chi connectivity index (χ0v) is 33.8. The molecular weight excluding hydrogens is 746 g/mol. The smallest absolute Gasteiger partial charge is 0.410 e. The second-order valence-corrected chi connectivity index (χ2v) is 15.4. The molecule has 0 bridgehead atoms. The van der Waals surface area contributed by atoms with Gasteiger partial charge in [0.05, 0.1) is 29.0 Å². The molecule has 3 amide bonds. The van der Waals surface area contributed by atoms with Crippen molar-refractivity contribution in [2.24, 2.45) is 0 Å². The van der Waals surface area contributed by atoms with E-state index in [-0.39, 0.29) is 56.0 Å². The molecule has 306 valence electrons. The molecular formula is C43H49N5O10. The first-order valence-electron chi connectivity index (χ1n) is 19.1. The van der Waals surface area contributed by atoms with E-state index in [2.05, 4.69) is 17.2 Å². The Morgan fingerprint density at radius 1 is 1.10 bits per heavy atom. The van der Waals surface area contributed by atoms with Crippen molar-refractivity contribution in [3.63, 3.8) is 0 Å². The maximum atomic E-state index is 13.8. The lowest BCUT2D eigenvalue weighted by molar-refractivity contribution is -0.172. The predicted molar refractivity (Wildman–Crippen MR) is 215 cm³/mol. The lowest BCUT2D eigenvalue weighted by Gasteiger charge is -2.31. The fourth-order valence-electron chi connectivity index (χ4n) is 7.15. The number of amides is 3. The summed E-state index contributed by atoms with van der Waals surface area (Å²) in [6, 6.07) is 11.6. The van der Waals surface area contributed by atoms with Gasteiger partial charge in [-0.15, -0.1) is 0 Å². The largest absolute Gasteiger partial charge is 0.489 e. The van der Waals surface area contributed by atoms with E-state index < -0.39 is 41.3 Å². The third-order valence-corrected chi connectivity index (χ3v) is 10.2. The van der Waals surface area contributed by atoms with Crippen molar-refractivity contribution in [1.29, 1.82) is 0 Å². The number of ether oxygens (including phenoxy) is 4. The maximum absolute atomic E-state index is 13.8. The summed E-state index contributed by atoms with van der Waals surface area (Å²) >= 11 is 0. The summed E-state index contributed by atoms with van der Waals surface area (Å²) in [5.41, 5.74) is 3.10. The van der Waals surface area contributed by atoms with Crippen LogP contribution < -0.4 is 20.9 Å². The summed E-state index contributed by atoms with van der Waals surface area (Å²) < 4.78 is 23.7. The molecule has 0 unspecified atom stereocenters. The fraction of sp³-hybridized carbons (Fsp3) is 0.395. The van der Waals surface area contributed by atoms with Gasteiger partial charge in [-0.3, -0.25) is 9.59 Å². The Morgan fingerprint density at radius 3 is 2.55 bits per heavy atom. The molecule has 4 heterocycles. The van der Waals surface area contributed by atoms with E-state index in [0.717, 1.165) is 22.1 Å². The topological polar surface area (TPSA) is 188 Å². The van der Waals surface area contributed by atoms with Crippen molar-refractivity contribution < 1.29 is 43.2 Å². The molecule has 3 N–H and O–H groups in total. The molecule has 0 spiro atoms. The molecule has 2 aromatic carbocycles. The van der Waals surface area contributed by atoms with Crippen LogP contribution in [0.25, 0.3) is 22.3 Å². The highest BCUT2D eigenvalue weighted by Gasteiger charge is 2.45. The third kappa shape index (κ3) is 8.26. The number of carbonyl (C=O) groups is 4. The first-order valence-corrected chi connectivity index (χ1v) is 19.1. The number of cyclic esters (lactones) is 1. The summed E-state index contributed by atoms with van der Waals surface area (Å²) in [5.74, 6) is -0.688. The van der Waals surface area contributed by atoms with Gasteiger partial charge < -0.3 is 44.2 Å². The van der Waals surface area contributed by atoms with Gasteiger partial charge in [-0.1, -0.05) is 32.6 Å². The standard InChI is InChI=1S/C43H49N5O10/c1-9-16-55-41(53)47(8)20-26-17-27(45-37(49)24(4)44-40(52)58-42(5,6)7)13-12-25(26)22-56-28-14-15-34-30(18-28)29(10-2)31-21-48-35(36(31)46-34)19-33-32(38(48)50)23-57-39(51)43(33,54)11-3/h9,12-15,17-19,24,54H,1,10-11,16,20-23H2,2-8H3,(H,44,52)(H,45,49)/t24-,43-/m0/s1. The second kappa shape index (κ2) is 16.3. The van der Waals surface area contributed by atoms with Crippen LogP contribution in [0.4, 0.5) is 15.3 Å². The average Bonchev–Trinajstić information content (AvgIpc) is 3.54. The number of esters is 1. The Bertz CT molecular complexity index is 2380. The lowest BCUT2D eigenvalue weighted by atomic mass is 9.86. The number of alkyl carbamates (subject to hydrolysis) is 1. The van der Waals surface area contributed by atoms with Crippen molar-refractivity contribution >= 4 is 40.7 Å². The molecule has 15 nitrogen and oxygen atoms in total. The summed E-state index contributed by atoms with van der Waals surface area (Å²) in [7, 11) is 1.59. The Hall–Kier alpha value is -6.22. The highest BCUT2D eigenvalue weighted by molar-refractivity contribution is 5.96. The number of aliphatic hydroxyl groups is 1. The Morgan fingerprint density at radius 2 is 1.86 bits per heavy atom. The van der Waals surface area contributed by atoms with Gasteiger partial charge in [0.25, 0.3) is 5.56 Å². The number of rotatable bonds is 12. The summed E-state index contributed by atoms with van der Waals surface area (Å²) in [6.45, 7) is 14.4. The highest BCUT2D eigenvalue weighted by atomic mass is 16.6. The molecule has 0 aliphatic carbocycles. The number of anilines is 1. The van der Waals surface area contributed by atoms with Crippen LogP contribution in [-0.4, -0.2) is 68.9 Å². The van der Waals surface area contributed by atoms with E-state index in [9.17, 15) is 29.1 Å². The van der Waals surface area contributed by atoms with Crippen LogP contribution in [0.15, 0.2) is 59.9 Å². The van der Waals surface area contributed by atoms with Crippen LogP contribution in [0.5, 0.6) is 5.75 Å². The molecule has 15 heteroatoms. The van der Waals surface area contributed by atoms with Crippen molar-refractivity contribution in [2.45, 2.75) is 97.9 Å². The number of hydrogen-bond donors (Lipinski definition) is 3. The summed E-state index contributed by atoms with van der Waals surface area (Å²) in [6.07, 6.45) is 0.873. The fourth-order valence-corrected chi connectivity index (χ4v) is 7.15. The number of aromatic nitrogens is 2. The molecule has 0 fully saturated rings. The molecule has 0 radical (unpaired) electrons. The number of aryl methyl sites for hydroxylation is 1. The SMILES string of the molecule is C=CCOC(=O)N(C)Cc1cc(NC(=O)[C@H](C)NC(=O)OC(C)(C)C)ccc1COc1ccc2nc3c(c(CC)c2c1)Cn1c-3cc2c(c1=O)COC(=O)[C@]2(O)CC. The van der Waals surface area contributed by atoms with Crippen LogP contribution in [0, 0.1) is 0 Å². The normalized spacial score (nSPS) is 16.0. The van der Waals surface area contributed by atoms with Gasteiger partial charge in [-0.25, -0.2) is 19.4 Å². The van der Waals surface area contributed by atoms with Crippen molar-refractivity contribution in [3.05, 3.63) is 98.9 Å². The van der Waals surface area contributed by atoms with Gasteiger partial charge in [0.15, 0.2) is 5.60 Å². The van der Waals surface area contributed by atoms with E-state index in [1.165, 1.54) is 11.0 Å². The first kappa shape index (κ1) is 41.4. The van der Waals surface area contributed by atoms with E-state index in [4.69, 9.17) is 23.9 Å². The number of carbonyl (C=O) groups excluding carboxylic acids is 4. The number of fused-ring (bicyclic) bond motifs is 5. The zero-order chi connectivity index (χ0) is 42.1. The molecule has 2 aliphatic heterocycles. The molecule has 2 aromatic heterocycles. The van der Waals surface area contributed by atoms with Gasteiger partial charge in [-0.05, 0) is 93.6 Å². The van der Waals surface area contributed by atoms with Gasteiger partial charge in [0, 0.05) is 35.8 Å². The number of hydrogen-bond acceptors (Lipinski definition) is 11. The Balaban J connectivity index is 1.27. The molecule has 58 heavy (non-hydrogen) atoms. The molecule has 2 aliphatic rings. The quantitative estimate of drug-likeness (QED) is 0.0784. The van der Waals surface area contributed by atoms with Crippen molar-refractivity contribution in [1.82, 2.24) is 19.8 Å². The second-order valence-electron chi connectivity index (χ2n) is 15.4. The molecule has 0 saturated carbocycles. The van der Waals surface area contributed by atoms with Crippen molar-refractivity contribution in [3.8, 4) is 17.1 Å². The minimum absolute atomic E-state index is 0.0423. The van der Waals surface area contributed by atoms with E-state index >= 15 is 0 Å². The molecule has 0 saturated heterocycles. The monoisotopic (exact) mass is 795 g/mol. The first-order chi connectivity index (χ1) is 27.5. The van der Waals surface area contributed by atoms with Gasteiger partial charge in [0.2, 0.25) is 5.91 Å². The summed E-state index contributed by atoms with van der Waals surface area (Å²) in [4.78, 5) is 70.7. The van der Waals surface area contributed by atoms with Crippen LogP contribution in [-0.2, 0) is 62.1 Å². The van der Waals surface area contributed by atoms with Crippen LogP contribution in [0.3, 0.4) is 0 Å². The number of pyridine rings is 2. The maximum Gasteiger partial charge on any atom is 0.410 e. The van der Waals surface area contributed by atoms with Gasteiger partial charge in [0.1, 0.15) is 37.2 Å². The van der Waals surface area contributed by atoms with Gasteiger partial charge in [-0.2, -0.15) is 0 Å². The Kier molecular flexibility index (Phi) is 11.7. The average molecular weight is 796 g/mol. The molecule has 2 atom stereocenters. The van der Waals surface area contributed by atoms with E-state index in [1.807, 2.05) is 19.1 Å². The predicted octanol–water partition coefficient (Wildman–Crippen LogP) is 5.83. The molecule has 4 aromatic rings.